The highest BCUT2D eigenvalue weighted by Crippen LogP contribution is 2.32. The molecule has 0 radical (unpaired) electrons. The summed E-state index contributed by atoms with van der Waals surface area (Å²) in [5.41, 5.74) is 1.86. The Kier molecular flexibility index (Phi) is 3.83. The monoisotopic (exact) mass is 300 g/mol. The molecule has 2 aromatic carbocycles. The van der Waals surface area contributed by atoms with Crippen molar-refractivity contribution in [2.24, 2.45) is 0 Å². The van der Waals surface area contributed by atoms with Crippen LogP contribution in [0.2, 0.25) is 0 Å². The van der Waals surface area contributed by atoms with Gasteiger partial charge in [-0.15, -0.1) is 0 Å². The first-order valence-electron chi connectivity index (χ1n) is 6.37. The standard InChI is InChI=1S/C16H13FN2OS/c1-20-14-4-2-3-11(9-14)15-10-18-16(21-15)19-13-7-5-12(17)6-8-13/h2-10H,1H3,(H,18,19). The van der Waals surface area contributed by atoms with Crippen molar-refractivity contribution >= 4 is 22.2 Å². The van der Waals surface area contributed by atoms with Gasteiger partial charge >= 0.3 is 0 Å². The Morgan fingerprint density at radius 3 is 2.71 bits per heavy atom. The molecule has 0 unspecified atom stereocenters. The Hall–Kier alpha value is -2.40. The lowest BCUT2D eigenvalue weighted by molar-refractivity contribution is 0.415. The van der Waals surface area contributed by atoms with Gasteiger partial charge in [-0.1, -0.05) is 23.5 Å². The van der Waals surface area contributed by atoms with E-state index in [1.807, 2.05) is 30.5 Å². The van der Waals surface area contributed by atoms with Crippen molar-refractivity contribution < 1.29 is 9.13 Å². The molecule has 0 amide bonds. The fourth-order valence-electron chi connectivity index (χ4n) is 1.90. The molecule has 0 bridgehead atoms. The summed E-state index contributed by atoms with van der Waals surface area (Å²) in [4.78, 5) is 5.38. The topological polar surface area (TPSA) is 34.1 Å². The minimum Gasteiger partial charge on any atom is -0.497 e. The Morgan fingerprint density at radius 2 is 1.95 bits per heavy atom. The highest BCUT2D eigenvalue weighted by Gasteiger charge is 2.06. The molecule has 1 aromatic heterocycles. The quantitative estimate of drug-likeness (QED) is 0.758. The molecule has 3 aromatic rings. The van der Waals surface area contributed by atoms with Crippen LogP contribution in [0.1, 0.15) is 0 Å². The van der Waals surface area contributed by atoms with Crippen LogP contribution in [0.5, 0.6) is 5.75 Å². The predicted molar refractivity (Wildman–Crippen MR) is 83.8 cm³/mol. The molecule has 5 heteroatoms. The SMILES string of the molecule is COc1cccc(-c2cnc(Nc3ccc(F)cc3)s2)c1. The second-order valence-electron chi connectivity index (χ2n) is 4.39. The van der Waals surface area contributed by atoms with Crippen molar-refractivity contribution in [3.8, 4) is 16.2 Å². The van der Waals surface area contributed by atoms with E-state index in [0.717, 1.165) is 27.0 Å². The van der Waals surface area contributed by atoms with E-state index in [9.17, 15) is 4.39 Å². The number of aromatic nitrogens is 1. The molecule has 0 saturated carbocycles. The van der Waals surface area contributed by atoms with Crippen molar-refractivity contribution in [1.82, 2.24) is 4.98 Å². The van der Waals surface area contributed by atoms with Gasteiger partial charge in [0, 0.05) is 11.9 Å². The molecule has 0 saturated heterocycles. The average molecular weight is 300 g/mol. The van der Waals surface area contributed by atoms with Crippen molar-refractivity contribution in [1.29, 1.82) is 0 Å². The van der Waals surface area contributed by atoms with Crippen LogP contribution in [0.15, 0.2) is 54.7 Å². The molecular formula is C16H13FN2OS. The molecule has 3 nitrogen and oxygen atoms in total. The van der Waals surface area contributed by atoms with Gasteiger partial charge in [-0.25, -0.2) is 9.37 Å². The highest BCUT2D eigenvalue weighted by molar-refractivity contribution is 7.18. The molecule has 0 atom stereocenters. The third-order valence-electron chi connectivity index (χ3n) is 2.96. The first-order chi connectivity index (χ1) is 10.2. The summed E-state index contributed by atoms with van der Waals surface area (Å²) in [7, 11) is 1.65. The minimum atomic E-state index is -0.253. The van der Waals surface area contributed by atoms with Gasteiger partial charge in [0.1, 0.15) is 11.6 Å². The number of rotatable bonds is 4. The zero-order chi connectivity index (χ0) is 14.7. The number of benzene rings is 2. The molecular weight excluding hydrogens is 287 g/mol. The van der Waals surface area contributed by atoms with Crippen molar-refractivity contribution in [2.45, 2.75) is 0 Å². The third-order valence-corrected chi connectivity index (χ3v) is 3.92. The number of hydrogen-bond acceptors (Lipinski definition) is 4. The molecule has 3 rings (SSSR count). The summed E-state index contributed by atoms with van der Waals surface area (Å²) in [6, 6.07) is 14.0. The second-order valence-corrected chi connectivity index (χ2v) is 5.42. The molecule has 0 aliphatic carbocycles. The van der Waals surface area contributed by atoms with Gasteiger partial charge in [-0.2, -0.15) is 0 Å². The van der Waals surface area contributed by atoms with E-state index < -0.39 is 0 Å². The fraction of sp³-hybridized carbons (Fsp3) is 0.0625. The number of nitrogens with one attached hydrogen (secondary N) is 1. The van der Waals surface area contributed by atoms with Crippen LogP contribution in [0.4, 0.5) is 15.2 Å². The van der Waals surface area contributed by atoms with E-state index in [4.69, 9.17) is 4.74 Å². The summed E-state index contributed by atoms with van der Waals surface area (Å²) in [5, 5.41) is 3.92. The van der Waals surface area contributed by atoms with Gasteiger partial charge < -0.3 is 10.1 Å². The number of anilines is 2. The lowest BCUT2D eigenvalue weighted by Gasteiger charge is -2.02. The number of thiazole rings is 1. The summed E-state index contributed by atoms with van der Waals surface area (Å²) in [5.74, 6) is 0.561. The van der Waals surface area contributed by atoms with Crippen molar-refractivity contribution in [2.75, 3.05) is 12.4 Å². The molecule has 0 spiro atoms. The third kappa shape index (κ3) is 3.20. The number of nitrogens with zero attached hydrogens (tertiary/aromatic N) is 1. The maximum Gasteiger partial charge on any atom is 0.187 e. The zero-order valence-electron chi connectivity index (χ0n) is 11.3. The van der Waals surface area contributed by atoms with E-state index >= 15 is 0 Å². The van der Waals surface area contributed by atoms with Crippen LogP contribution >= 0.6 is 11.3 Å². The molecule has 106 valence electrons. The zero-order valence-corrected chi connectivity index (χ0v) is 12.2. The number of hydrogen-bond donors (Lipinski definition) is 1. The van der Waals surface area contributed by atoms with Crippen LogP contribution < -0.4 is 10.1 Å². The molecule has 0 fully saturated rings. The molecule has 1 heterocycles. The Bertz CT molecular complexity index is 740. The summed E-state index contributed by atoms with van der Waals surface area (Å²) in [6.07, 6.45) is 1.81. The summed E-state index contributed by atoms with van der Waals surface area (Å²) in [6.45, 7) is 0. The Morgan fingerprint density at radius 1 is 1.14 bits per heavy atom. The van der Waals surface area contributed by atoms with Crippen molar-refractivity contribution in [3.05, 3.63) is 60.5 Å². The maximum atomic E-state index is 12.9. The Labute approximate surface area is 126 Å². The van der Waals surface area contributed by atoms with Crippen LogP contribution in [-0.4, -0.2) is 12.1 Å². The van der Waals surface area contributed by atoms with E-state index in [1.54, 1.807) is 19.2 Å². The maximum absolute atomic E-state index is 12.9. The molecule has 21 heavy (non-hydrogen) atoms. The van der Waals surface area contributed by atoms with Gasteiger partial charge in [0.2, 0.25) is 0 Å². The van der Waals surface area contributed by atoms with Crippen LogP contribution in [-0.2, 0) is 0 Å². The average Bonchev–Trinajstić information content (AvgIpc) is 2.98. The molecule has 0 aliphatic heterocycles. The van der Waals surface area contributed by atoms with Gasteiger partial charge in [-0.05, 0) is 42.0 Å². The lowest BCUT2D eigenvalue weighted by Crippen LogP contribution is -1.88. The first-order valence-corrected chi connectivity index (χ1v) is 7.19. The van der Waals surface area contributed by atoms with Crippen molar-refractivity contribution in [3.63, 3.8) is 0 Å². The predicted octanol–water partition coefficient (Wildman–Crippen LogP) is 4.70. The molecule has 1 N–H and O–H groups in total. The van der Waals surface area contributed by atoms with Gasteiger partial charge in [0.15, 0.2) is 5.13 Å². The lowest BCUT2D eigenvalue weighted by atomic mass is 10.2. The van der Waals surface area contributed by atoms with E-state index in [2.05, 4.69) is 10.3 Å². The Balaban J connectivity index is 1.81. The molecule has 0 aliphatic rings. The van der Waals surface area contributed by atoms with E-state index in [0.29, 0.717) is 0 Å². The highest BCUT2D eigenvalue weighted by atomic mass is 32.1. The van der Waals surface area contributed by atoms with Gasteiger partial charge in [-0.3, -0.25) is 0 Å². The number of halogens is 1. The van der Waals surface area contributed by atoms with Gasteiger partial charge in [0.05, 0.1) is 12.0 Å². The first kappa shape index (κ1) is 13.6. The van der Waals surface area contributed by atoms with Crippen LogP contribution in [0.25, 0.3) is 10.4 Å². The second kappa shape index (κ2) is 5.93. The summed E-state index contributed by atoms with van der Waals surface area (Å²) < 4.78 is 18.1. The minimum absolute atomic E-state index is 0.253. The fourth-order valence-corrected chi connectivity index (χ4v) is 2.73. The normalized spacial score (nSPS) is 10.4. The smallest absolute Gasteiger partial charge is 0.187 e. The van der Waals surface area contributed by atoms with Crippen LogP contribution in [0, 0.1) is 5.82 Å². The summed E-state index contributed by atoms with van der Waals surface area (Å²) >= 11 is 1.53. The number of ether oxygens (including phenoxy) is 1. The number of methoxy groups -OCH3 is 1. The largest absolute Gasteiger partial charge is 0.497 e. The van der Waals surface area contributed by atoms with E-state index in [1.165, 1.54) is 23.5 Å². The van der Waals surface area contributed by atoms with E-state index in [-0.39, 0.29) is 5.82 Å². The van der Waals surface area contributed by atoms with Gasteiger partial charge in [0.25, 0.3) is 0 Å². The van der Waals surface area contributed by atoms with Crippen LogP contribution in [0.3, 0.4) is 0 Å².